The van der Waals surface area contributed by atoms with E-state index in [9.17, 15) is 15.1 Å². The van der Waals surface area contributed by atoms with Crippen molar-refractivity contribution in [1.29, 1.82) is 10.5 Å². The van der Waals surface area contributed by atoms with Crippen LogP contribution >= 0.6 is 19.4 Å². The van der Waals surface area contributed by atoms with Crippen LogP contribution in [0.5, 0.6) is 5.75 Å². The van der Waals surface area contributed by atoms with Crippen molar-refractivity contribution in [2.45, 2.75) is 173 Å². The zero-order chi connectivity index (χ0) is 48.4. The van der Waals surface area contributed by atoms with Crippen molar-refractivity contribution in [3.63, 3.8) is 0 Å². The number of nitrogens with two attached hydrogens (primary N) is 1. The Bertz CT molecular complexity index is 2300. The van der Waals surface area contributed by atoms with Crippen molar-refractivity contribution in [1.82, 2.24) is 14.6 Å². The number of hydrogen-bond acceptors (Lipinski definition) is 14. The molecule has 15 nitrogen and oxygen atoms in total. The van der Waals surface area contributed by atoms with Crippen LogP contribution in [-0.4, -0.2) is 71.2 Å². The van der Waals surface area contributed by atoms with Crippen molar-refractivity contribution < 1.29 is 41.8 Å². The third-order valence-electron chi connectivity index (χ3n) is 12.5. The molecule has 6 rings (SSSR count). The first kappa shape index (κ1) is 53.2. The number of aromatic nitrogens is 3. The highest BCUT2D eigenvalue weighted by molar-refractivity contribution is 7.48. The van der Waals surface area contributed by atoms with Gasteiger partial charge in [0, 0.05) is 6.61 Å². The van der Waals surface area contributed by atoms with E-state index >= 15 is 0 Å². The van der Waals surface area contributed by atoms with Crippen molar-refractivity contribution >= 4 is 30.8 Å². The molecule has 2 saturated heterocycles. The van der Waals surface area contributed by atoms with Gasteiger partial charge in [0.2, 0.25) is 0 Å². The number of nitriles is 2. The van der Waals surface area contributed by atoms with Crippen LogP contribution in [0.2, 0.25) is 5.02 Å². The molecule has 2 aliphatic heterocycles. The van der Waals surface area contributed by atoms with Crippen LogP contribution in [0, 0.1) is 22.7 Å². The molecule has 6 atom stereocenters. The minimum atomic E-state index is -4.51. The van der Waals surface area contributed by atoms with Crippen molar-refractivity contribution in [3.05, 3.63) is 88.3 Å². The highest BCUT2D eigenvalue weighted by atomic mass is 35.5. The average molecular weight is 978 g/mol. The predicted molar refractivity (Wildman–Crippen MR) is 260 cm³/mol. The number of ether oxygens (including phenoxy) is 5. The van der Waals surface area contributed by atoms with Gasteiger partial charge in [-0.05, 0) is 75.2 Å². The fourth-order valence-corrected chi connectivity index (χ4v) is 10.4. The summed E-state index contributed by atoms with van der Waals surface area (Å²) in [7, 11) is -4.51. The highest BCUT2D eigenvalue weighted by Crippen LogP contribution is 2.54. The van der Waals surface area contributed by atoms with Crippen LogP contribution in [0.3, 0.4) is 0 Å². The van der Waals surface area contributed by atoms with E-state index in [0.717, 1.165) is 19.3 Å². The SMILES string of the molecule is CCCCCCCCCCCCCCCCCCOC[C@H](COP(=O)(OC[C@H]1O[C@@](C)(c2ccc3c(N)ncnn23)[C@@H]2OC(C)(C)O[C@@H]21)Oc1ccccc1Cl)OCc1cc(C#N)cc(C#N)c1. The van der Waals surface area contributed by atoms with Crippen LogP contribution in [0.4, 0.5) is 5.82 Å². The summed E-state index contributed by atoms with van der Waals surface area (Å²) in [6.07, 6.45) is 18.9. The number of anilines is 1. The summed E-state index contributed by atoms with van der Waals surface area (Å²) in [5, 5.41) is 23.8. The first-order chi connectivity index (χ1) is 32.9. The van der Waals surface area contributed by atoms with Gasteiger partial charge in [-0.2, -0.15) is 15.6 Å². The number of rotatable bonds is 31. The molecule has 17 heteroatoms. The summed E-state index contributed by atoms with van der Waals surface area (Å²) >= 11 is 6.50. The molecule has 2 aromatic carbocycles. The first-order valence-electron chi connectivity index (χ1n) is 24.5. The van der Waals surface area contributed by atoms with Gasteiger partial charge in [0.1, 0.15) is 47.6 Å². The second-order valence-corrected chi connectivity index (χ2v) is 20.5. The molecule has 0 saturated carbocycles. The molecule has 0 aliphatic carbocycles. The van der Waals surface area contributed by atoms with Gasteiger partial charge in [-0.25, -0.2) is 14.1 Å². The molecule has 1 unspecified atom stereocenters. The Morgan fingerprint density at radius 1 is 0.824 bits per heavy atom. The zero-order valence-electron chi connectivity index (χ0n) is 40.2. The van der Waals surface area contributed by atoms with Crippen LogP contribution in [0.1, 0.15) is 153 Å². The van der Waals surface area contributed by atoms with E-state index in [1.165, 1.54) is 95.9 Å². The van der Waals surface area contributed by atoms with E-state index < -0.39 is 43.6 Å². The molecule has 0 radical (unpaired) electrons. The lowest BCUT2D eigenvalue weighted by molar-refractivity contribution is -0.212. The molecule has 2 N–H and O–H groups in total. The van der Waals surface area contributed by atoms with Gasteiger partial charge in [0.25, 0.3) is 0 Å². The number of fused-ring (bicyclic) bond motifs is 2. The first-order valence-corrected chi connectivity index (χ1v) is 26.3. The fourth-order valence-electron chi connectivity index (χ4n) is 8.90. The number of para-hydroxylation sites is 1. The van der Waals surface area contributed by atoms with E-state index in [1.807, 2.05) is 32.9 Å². The van der Waals surface area contributed by atoms with Gasteiger partial charge >= 0.3 is 7.82 Å². The maximum Gasteiger partial charge on any atom is 0.530 e. The third-order valence-corrected chi connectivity index (χ3v) is 14.1. The molecule has 2 fully saturated rings. The quantitative estimate of drug-likeness (QED) is 0.0369. The lowest BCUT2D eigenvalue weighted by Gasteiger charge is -2.31. The molecule has 2 aromatic heterocycles. The zero-order valence-corrected chi connectivity index (χ0v) is 41.9. The molecule has 0 bridgehead atoms. The summed E-state index contributed by atoms with van der Waals surface area (Å²) in [4.78, 5) is 4.12. The number of benzene rings is 2. The maximum absolute atomic E-state index is 14.8. The van der Waals surface area contributed by atoms with E-state index in [0.29, 0.717) is 40.3 Å². The Morgan fingerprint density at radius 3 is 2.09 bits per heavy atom. The van der Waals surface area contributed by atoms with Gasteiger partial charge in [-0.15, -0.1) is 0 Å². The molecule has 0 amide bonds. The Morgan fingerprint density at radius 2 is 1.46 bits per heavy atom. The molecule has 2 aliphatic rings. The molecular formula is C51H70ClN6O9P. The summed E-state index contributed by atoms with van der Waals surface area (Å²) in [5.74, 6) is -0.593. The number of unbranched alkanes of at least 4 members (excludes halogenated alkanes) is 15. The van der Waals surface area contributed by atoms with Crippen molar-refractivity contribution in [2.75, 3.05) is 32.2 Å². The van der Waals surface area contributed by atoms with Crippen LogP contribution in [0.25, 0.3) is 5.52 Å². The molecule has 4 heterocycles. The summed E-state index contributed by atoms with van der Waals surface area (Å²) in [6.45, 7) is 7.82. The van der Waals surface area contributed by atoms with Crippen LogP contribution in [0.15, 0.2) is 60.9 Å². The second kappa shape index (κ2) is 26.2. The lowest BCUT2D eigenvalue weighted by Crippen LogP contribution is -2.39. The van der Waals surface area contributed by atoms with Gasteiger partial charge in [0.15, 0.2) is 11.6 Å². The standard InChI is InChI=1S/C51H70ClN6O9P/c1-5-6-7-8-9-10-11-12-13-14-15-16-17-18-19-22-27-60-34-41(61-33-40-29-38(31-53)28-39(30-40)32-54)35-62-68(59,67-44-24-21-20-23-42(44)52)63-36-45-47-48(66-50(2,3)65-47)51(4,64-45)46-26-25-43-49(55)56-37-57-58(43)46/h20-21,23-26,28-30,37,41,45,47-48H,5-19,22,27,33-36H2,1-4H3,(H2,55,56,57)/t41-,45-,47-,48-,51+,68?/m1/s1. The third kappa shape index (κ3) is 15.2. The summed E-state index contributed by atoms with van der Waals surface area (Å²) in [6, 6.07) is 19.2. The number of hydrogen-bond donors (Lipinski definition) is 1. The Kier molecular flexibility index (Phi) is 20.5. The number of nitrogen functional groups attached to an aromatic ring is 1. The maximum atomic E-state index is 14.8. The Balaban J connectivity index is 1.06. The average Bonchev–Trinajstić information content (AvgIpc) is 4.00. The Hall–Kier alpha value is -4.12. The minimum absolute atomic E-state index is 0.0207. The van der Waals surface area contributed by atoms with Crippen LogP contribution in [-0.2, 0) is 49.5 Å². The van der Waals surface area contributed by atoms with E-state index in [-0.39, 0.29) is 37.2 Å². The molecule has 68 heavy (non-hydrogen) atoms. The normalized spacial score (nSPS) is 21.0. The molecule has 0 spiro atoms. The highest BCUT2D eigenvalue weighted by Gasteiger charge is 2.62. The smallest absolute Gasteiger partial charge is 0.402 e. The summed E-state index contributed by atoms with van der Waals surface area (Å²) in [5.41, 5.74) is 7.57. The monoisotopic (exact) mass is 976 g/mol. The summed E-state index contributed by atoms with van der Waals surface area (Å²) < 4.78 is 66.7. The largest absolute Gasteiger partial charge is 0.530 e. The lowest BCUT2D eigenvalue weighted by atomic mass is 9.93. The van der Waals surface area contributed by atoms with E-state index in [1.54, 1.807) is 40.9 Å². The van der Waals surface area contributed by atoms with Gasteiger partial charge in [-0.3, -0.25) is 9.05 Å². The number of halogens is 1. The van der Waals surface area contributed by atoms with Gasteiger partial charge in [-0.1, -0.05) is 127 Å². The van der Waals surface area contributed by atoms with E-state index in [4.69, 9.17) is 54.6 Å². The van der Waals surface area contributed by atoms with E-state index in [2.05, 4.69) is 29.1 Å². The van der Waals surface area contributed by atoms with Crippen molar-refractivity contribution in [3.8, 4) is 17.9 Å². The van der Waals surface area contributed by atoms with Crippen LogP contribution < -0.4 is 10.3 Å². The topological polar surface area (TPSA) is 195 Å². The number of phosphoric acid groups is 1. The number of nitrogens with zero attached hydrogens (tertiary/aromatic N) is 5. The molecular weight excluding hydrogens is 907 g/mol. The van der Waals surface area contributed by atoms with Gasteiger partial charge in [0.05, 0.1) is 60.4 Å². The van der Waals surface area contributed by atoms with Gasteiger partial charge < -0.3 is 33.9 Å². The predicted octanol–water partition coefficient (Wildman–Crippen LogP) is 11.9. The molecule has 370 valence electrons. The second-order valence-electron chi connectivity index (χ2n) is 18.5. The minimum Gasteiger partial charge on any atom is -0.402 e. The number of phosphoric ester groups is 1. The fraction of sp³-hybridized carbons (Fsp3) is 0.608. The molecule has 4 aromatic rings. The Labute approximate surface area is 407 Å². The van der Waals surface area contributed by atoms with Crippen molar-refractivity contribution in [2.24, 2.45) is 0 Å².